The average molecular weight is 406 g/mol. The molecular weight excluding hydrogens is 382 g/mol. The predicted molar refractivity (Wildman–Crippen MR) is 119 cm³/mol. The summed E-state index contributed by atoms with van der Waals surface area (Å²) in [6, 6.07) is 14.1. The Hall–Kier alpha value is -3.12. The van der Waals surface area contributed by atoms with Crippen molar-refractivity contribution >= 4 is 28.4 Å². The minimum absolute atomic E-state index is 0.155. The van der Waals surface area contributed by atoms with Crippen LogP contribution in [0, 0.1) is 26.2 Å². The van der Waals surface area contributed by atoms with Gasteiger partial charge in [0, 0.05) is 10.4 Å². The molecule has 29 heavy (non-hydrogen) atoms. The molecule has 0 bridgehead atoms. The number of methoxy groups -OCH3 is 1. The molecule has 0 fully saturated rings. The van der Waals surface area contributed by atoms with E-state index in [1.54, 1.807) is 12.0 Å². The normalized spacial score (nSPS) is 14.1. The van der Waals surface area contributed by atoms with Crippen LogP contribution in [-0.4, -0.2) is 29.6 Å². The molecule has 0 radical (unpaired) electrons. The second-order valence-electron chi connectivity index (χ2n) is 7.22. The lowest BCUT2D eigenvalue weighted by atomic mass is 10.1. The van der Waals surface area contributed by atoms with Gasteiger partial charge >= 0.3 is 0 Å². The number of benzene rings is 2. The standard InChI is InChI=1S/C23H23N3O2S/c1-13-5-8-16(9-6-13)21-15(3)29-23(25-21)20-18(27)12-26(22(20)24)17-11-14(2)7-10-19(17)28-4/h5-11,24,27H,12H2,1-4H3. The quantitative estimate of drug-likeness (QED) is 0.600. The maximum atomic E-state index is 10.7. The molecule has 0 unspecified atom stereocenters. The van der Waals surface area contributed by atoms with E-state index in [0.717, 1.165) is 27.4 Å². The van der Waals surface area contributed by atoms with Crippen molar-refractivity contribution in [2.45, 2.75) is 20.8 Å². The number of anilines is 1. The molecule has 0 aliphatic carbocycles. The maximum absolute atomic E-state index is 10.7. The highest BCUT2D eigenvalue weighted by atomic mass is 32.1. The second kappa shape index (κ2) is 7.37. The number of aliphatic hydroxyl groups excluding tert-OH is 1. The van der Waals surface area contributed by atoms with Crippen molar-refractivity contribution < 1.29 is 9.84 Å². The lowest BCUT2D eigenvalue weighted by molar-refractivity contribution is 0.406. The van der Waals surface area contributed by atoms with Gasteiger partial charge in [0.1, 0.15) is 22.4 Å². The van der Waals surface area contributed by atoms with E-state index in [0.29, 0.717) is 16.3 Å². The van der Waals surface area contributed by atoms with Crippen LogP contribution in [0.1, 0.15) is 21.0 Å². The summed E-state index contributed by atoms with van der Waals surface area (Å²) in [7, 11) is 1.61. The van der Waals surface area contributed by atoms with Crippen molar-refractivity contribution in [1.29, 1.82) is 5.41 Å². The highest BCUT2D eigenvalue weighted by molar-refractivity contribution is 7.13. The van der Waals surface area contributed by atoms with Crippen molar-refractivity contribution in [2.75, 3.05) is 18.6 Å². The highest BCUT2D eigenvalue weighted by Gasteiger charge is 2.33. The Kier molecular flexibility index (Phi) is 4.88. The number of amidine groups is 1. The molecule has 2 aromatic carbocycles. The van der Waals surface area contributed by atoms with E-state index in [-0.39, 0.29) is 18.1 Å². The van der Waals surface area contributed by atoms with Crippen molar-refractivity contribution in [3.05, 3.63) is 69.2 Å². The van der Waals surface area contributed by atoms with Gasteiger partial charge < -0.3 is 14.7 Å². The van der Waals surface area contributed by atoms with Crippen LogP contribution in [0.2, 0.25) is 0 Å². The van der Waals surface area contributed by atoms with Crippen molar-refractivity contribution in [2.24, 2.45) is 0 Å². The number of nitrogens with one attached hydrogen (secondary N) is 1. The van der Waals surface area contributed by atoms with Gasteiger partial charge in [-0.05, 0) is 38.5 Å². The molecule has 1 aromatic heterocycles. The summed E-state index contributed by atoms with van der Waals surface area (Å²) in [6.07, 6.45) is 0. The number of ether oxygens (including phenoxy) is 1. The van der Waals surface area contributed by atoms with Gasteiger partial charge in [0.15, 0.2) is 0 Å². The number of hydrogen-bond acceptors (Lipinski definition) is 5. The minimum atomic E-state index is 0.155. The van der Waals surface area contributed by atoms with Crippen molar-refractivity contribution in [1.82, 2.24) is 4.98 Å². The lowest BCUT2D eigenvalue weighted by Crippen LogP contribution is -2.26. The second-order valence-corrected chi connectivity index (χ2v) is 8.42. The summed E-state index contributed by atoms with van der Waals surface area (Å²) in [5.41, 5.74) is 5.45. The zero-order valence-electron chi connectivity index (χ0n) is 16.9. The molecule has 6 heteroatoms. The van der Waals surface area contributed by atoms with E-state index >= 15 is 0 Å². The Balaban J connectivity index is 1.71. The van der Waals surface area contributed by atoms with Crippen LogP contribution >= 0.6 is 11.3 Å². The number of aliphatic hydroxyl groups is 1. The molecule has 148 valence electrons. The molecule has 1 aliphatic rings. The topological polar surface area (TPSA) is 69.4 Å². The van der Waals surface area contributed by atoms with Crippen LogP contribution in [0.15, 0.2) is 48.2 Å². The van der Waals surface area contributed by atoms with Gasteiger partial charge in [-0.15, -0.1) is 11.3 Å². The van der Waals surface area contributed by atoms with Crippen LogP contribution in [0.5, 0.6) is 5.75 Å². The van der Waals surface area contributed by atoms with E-state index < -0.39 is 0 Å². The van der Waals surface area contributed by atoms with Crippen LogP contribution in [-0.2, 0) is 0 Å². The Labute approximate surface area is 174 Å². The first kappa shape index (κ1) is 19.2. The molecule has 2 heterocycles. The van der Waals surface area contributed by atoms with E-state index in [1.807, 2.05) is 32.0 Å². The van der Waals surface area contributed by atoms with Gasteiger partial charge in [0.2, 0.25) is 0 Å². The molecule has 1 aliphatic heterocycles. The SMILES string of the molecule is COc1ccc(C)cc1N1CC(O)=C(c2nc(-c3ccc(C)cc3)c(C)s2)C1=N. The Morgan fingerprint density at radius 1 is 1.07 bits per heavy atom. The molecule has 3 aromatic rings. The number of aryl methyl sites for hydroxylation is 3. The summed E-state index contributed by atoms with van der Waals surface area (Å²) in [5, 5.41) is 20.1. The largest absolute Gasteiger partial charge is 0.510 e. The summed E-state index contributed by atoms with van der Waals surface area (Å²) in [6.45, 7) is 6.30. The summed E-state index contributed by atoms with van der Waals surface area (Å²) < 4.78 is 5.48. The smallest absolute Gasteiger partial charge is 0.142 e. The Bertz CT molecular complexity index is 1130. The first-order valence-electron chi connectivity index (χ1n) is 9.37. The van der Waals surface area contributed by atoms with Gasteiger partial charge in [0.25, 0.3) is 0 Å². The Morgan fingerprint density at radius 2 is 1.76 bits per heavy atom. The fraction of sp³-hybridized carbons (Fsp3) is 0.217. The molecule has 0 amide bonds. The van der Waals surface area contributed by atoms with Gasteiger partial charge in [-0.3, -0.25) is 5.41 Å². The molecule has 0 atom stereocenters. The van der Waals surface area contributed by atoms with Crippen molar-refractivity contribution in [3.63, 3.8) is 0 Å². The summed E-state index contributed by atoms with van der Waals surface area (Å²) in [5.74, 6) is 1.06. The van der Waals surface area contributed by atoms with Gasteiger partial charge in [-0.2, -0.15) is 0 Å². The molecule has 0 saturated carbocycles. The van der Waals surface area contributed by atoms with E-state index in [1.165, 1.54) is 16.9 Å². The molecule has 2 N–H and O–H groups in total. The zero-order valence-corrected chi connectivity index (χ0v) is 17.7. The fourth-order valence-electron chi connectivity index (χ4n) is 3.50. The molecule has 4 rings (SSSR count). The van der Waals surface area contributed by atoms with Crippen LogP contribution in [0.3, 0.4) is 0 Å². The molecular formula is C23H23N3O2S. The van der Waals surface area contributed by atoms with Crippen LogP contribution < -0.4 is 9.64 Å². The third-order valence-electron chi connectivity index (χ3n) is 5.06. The van der Waals surface area contributed by atoms with Crippen LogP contribution in [0.4, 0.5) is 5.69 Å². The minimum Gasteiger partial charge on any atom is -0.510 e. The van der Waals surface area contributed by atoms with E-state index in [4.69, 9.17) is 15.1 Å². The molecule has 0 saturated heterocycles. The number of rotatable bonds is 4. The number of aromatic nitrogens is 1. The summed E-state index contributed by atoms with van der Waals surface area (Å²) in [4.78, 5) is 7.60. The van der Waals surface area contributed by atoms with Gasteiger partial charge in [-0.25, -0.2) is 4.98 Å². The van der Waals surface area contributed by atoms with E-state index in [2.05, 4.69) is 31.2 Å². The van der Waals surface area contributed by atoms with Gasteiger partial charge in [0.05, 0.1) is 30.6 Å². The van der Waals surface area contributed by atoms with Crippen LogP contribution in [0.25, 0.3) is 16.8 Å². The first-order valence-corrected chi connectivity index (χ1v) is 10.2. The number of thiazole rings is 1. The third-order valence-corrected chi connectivity index (χ3v) is 6.05. The number of hydrogen-bond donors (Lipinski definition) is 2. The Morgan fingerprint density at radius 3 is 2.45 bits per heavy atom. The first-order chi connectivity index (χ1) is 13.9. The predicted octanol–water partition coefficient (Wildman–Crippen LogP) is 5.51. The van der Waals surface area contributed by atoms with E-state index in [9.17, 15) is 5.11 Å². The third kappa shape index (κ3) is 3.40. The van der Waals surface area contributed by atoms with Crippen molar-refractivity contribution in [3.8, 4) is 17.0 Å². The highest BCUT2D eigenvalue weighted by Crippen LogP contribution is 2.39. The maximum Gasteiger partial charge on any atom is 0.142 e. The van der Waals surface area contributed by atoms with Gasteiger partial charge in [-0.1, -0.05) is 35.9 Å². The summed E-state index contributed by atoms with van der Waals surface area (Å²) >= 11 is 1.50. The molecule has 0 spiro atoms. The monoisotopic (exact) mass is 405 g/mol. The number of nitrogens with zero attached hydrogens (tertiary/aromatic N) is 2. The lowest BCUT2D eigenvalue weighted by Gasteiger charge is -2.21. The molecule has 5 nitrogen and oxygen atoms in total. The fourth-order valence-corrected chi connectivity index (χ4v) is 4.51. The zero-order chi connectivity index (χ0) is 20.7. The average Bonchev–Trinajstić information content (AvgIpc) is 3.21.